The van der Waals surface area contributed by atoms with Crippen molar-refractivity contribution in [1.82, 2.24) is 9.29 Å². The maximum atomic E-state index is 12.3. The Balaban J connectivity index is 1.39. The van der Waals surface area contributed by atoms with Gasteiger partial charge in [0.15, 0.2) is 0 Å². The normalized spacial score (nSPS) is 20.2. The molecule has 0 radical (unpaired) electrons. The summed E-state index contributed by atoms with van der Waals surface area (Å²) in [5, 5.41) is 1.98. The van der Waals surface area contributed by atoms with Gasteiger partial charge in [0.2, 0.25) is 10.0 Å². The minimum Gasteiger partial charge on any atom is -0.370 e. The van der Waals surface area contributed by atoms with E-state index in [9.17, 15) is 8.42 Å². The average Bonchev–Trinajstić information content (AvgIpc) is 3.34. The molecular weight excluding hydrogens is 342 g/mol. The lowest BCUT2D eigenvalue weighted by Crippen LogP contribution is -2.40. The molecule has 24 heavy (non-hydrogen) atoms. The van der Waals surface area contributed by atoms with Crippen LogP contribution in [0.3, 0.4) is 0 Å². The number of anilines is 1. The fraction of sp³-hybridized carbons (Fsp3) is 0.588. The van der Waals surface area contributed by atoms with Gasteiger partial charge in [0.25, 0.3) is 0 Å². The Labute approximate surface area is 147 Å². The Morgan fingerprint density at radius 1 is 1.25 bits per heavy atom. The Kier molecular flexibility index (Phi) is 4.26. The molecule has 3 heterocycles. The van der Waals surface area contributed by atoms with Crippen LogP contribution in [-0.4, -0.2) is 49.6 Å². The minimum absolute atomic E-state index is 0.105. The Hall–Kier alpha value is -1.18. The number of sulfonamides is 1. The van der Waals surface area contributed by atoms with E-state index in [1.807, 2.05) is 6.20 Å². The smallest absolute Gasteiger partial charge is 0.216 e. The van der Waals surface area contributed by atoms with Crippen LogP contribution < -0.4 is 4.90 Å². The van der Waals surface area contributed by atoms with E-state index in [0.29, 0.717) is 12.5 Å². The molecule has 0 bridgehead atoms. The number of aromatic nitrogens is 1. The number of piperidine rings is 1. The predicted molar refractivity (Wildman–Crippen MR) is 99.1 cm³/mol. The fourth-order valence-electron chi connectivity index (χ4n) is 3.55. The third kappa shape index (κ3) is 3.05. The molecule has 4 rings (SSSR count). The van der Waals surface area contributed by atoms with Crippen molar-refractivity contribution in [2.24, 2.45) is 5.92 Å². The molecular formula is C17H23N3O2S2. The van der Waals surface area contributed by atoms with Gasteiger partial charge >= 0.3 is 0 Å². The Bertz CT molecular complexity index is 821. The predicted octanol–water partition coefficient (Wildman–Crippen LogP) is 2.94. The van der Waals surface area contributed by atoms with Gasteiger partial charge in [-0.05, 0) is 49.1 Å². The number of hydrogen-bond acceptors (Lipinski definition) is 5. The van der Waals surface area contributed by atoms with Gasteiger partial charge in [-0.15, -0.1) is 11.3 Å². The fourth-order valence-corrected chi connectivity index (χ4v) is 6.10. The summed E-state index contributed by atoms with van der Waals surface area (Å²) >= 11 is 1.74. The molecule has 0 unspecified atom stereocenters. The summed E-state index contributed by atoms with van der Waals surface area (Å²) in [6.45, 7) is 2.63. The van der Waals surface area contributed by atoms with Crippen molar-refractivity contribution in [3.63, 3.8) is 0 Å². The lowest BCUT2D eigenvalue weighted by atomic mass is 9.96. The standard InChI is InChI=1S/C17H23N3O2S2/c1-19(24(21,22)14-2-3-14)12-13-5-9-20(10-6-13)16-4-8-18-15-7-11-23-17(15)16/h4,7-8,11,13-14H,2-3,5-6,9-10,12H2,1H3. The molecule has 0 aromatic carbocycles. The first-order valence-electron chi connectivity index (χ1n) is 8.58. The number of fused-ring (bicyclic) bond motifs is 1. The minimum atomic E-state index is -3.04. The second-order valence-electron chi connectivity index (χ2n) is 6.92. The van der Waals surface area contributed by atoms with Crippen molar-refractivity contribution < 1.29 is 8.42 Å². The van der Waals surface area contributed by atoms with E-state index in [2.05, 4.69) is 27.4 Å². The Morgan fingerprint density at radius 3 is 2.71 bits per heavy atom. The van der Waals surface area contributed by atoms with E-state index in [0.717, 1.165) is 44.3 Å². The number of rotatable bonds is 5. The van der Waals surface area contributed by atoms with Gasteiger partial charge in [-0.1, -0.05) is 0 Å². The van der Waals surface area contributed by atoms with Crippen molar-refractivity contribution in [3.8, 4) is 0 Å². The molecule has 1 aliphatic carbocycles. The second kappa shape index (κ2) is 6.28. The van der Waals surface area contributed by atoms with Gasteiger partial charge in [0.1, 0.15) is 0 Å². The molecule has 0 spiro atoms. The second-order valence-corrected chi connectivity index (χ2v) is 10.2. The molecule has 130 valence electrons. The molecule has 7 heteroatoms. The van der Waals surface area contributed by atoms with Crippen LogP contribution in [0.2, 0.25) is 0 Å². The van der Waals surface area contributed by atoms with Gasteiger partial charge < -0.3 is 4.90 Å². The van der Waals surface area contributed by atoms with Crippen LogP contribution in [0, 0.1) is 5.92 Å². The van der Waals surface area contributed by atoms with E-state index >= 15 is 0 Å². The van der Waals surface area contributed by atoms with Crippen molar-refractivity contribution in [3.05, 3.63) is 23.7 Å². The number of thiophene rings is 1. The number of nitrogens with zero attached hydrogens (tertiary/aromatic N) is 3. The molecule has 1 saturated heterocycles. The van der Waals surface area contributed by atoms with Gasteiger partial charge in [-0.3, -0.25) is 4.98 Å². The highest BCUT2D eigenvalue weighted by Gasteiger charge is 2.39. The Morgan fingerprint density at radius 2 is 2.00 bits per heavy atom. The van der Waals surface area contributed by atoms with E-state index in [1.54, 1.807) is 22.7 Å². The topological polar surface area (TPSA) is 53.5 Å². The quantitative estimate of drug-likeness (QED) is 0.817. The van der Waals surface area contributed by atoms with E-state index in [1.165, 1.54) is 10.4 Å². The van der Waals surface area contributed by atoms with E-state index < -0.39 is 10.0 Å². The highest BCUT2D eigenvalue weighted by Crippen LogP contribution is 2.34. The first kappa shape index (κ1) is 16.3. The zero-order chi connectivity index (χ0) is 16.7. The van der Waals surface area contributed by atoms with Crippen LogP contribution >= 0.6 is 11.3 Å². The molecule has 1 aliphatic heterocycles. The molecule has 0 N–H and O–H groups in total. The van der Waals surface area contributed by atoms with Crippen molar-refractivity contribution >= 4 is 37.3 Å². The molecule has 1 saturated carbocycles. The summed E-state index contributed by atoms with van der Waals surface area (Å²) < 4.78 is 27.4. The lowest BCUT2D eigenvalue weighted by Gasteiger charge is -2.35. The summed E-state index contributed by atoms with van der Waals surface area (Å²) in [5.41, 5.74) is 2.34. The van der Waals surface area contributed by atoms with Crippen LogP contribution in [-0.2, 0) is 10.0 Å². The third-order valence-corrected chi connectivity index (χ3v) is 8.43. The molecule has 0 atom stereocenters. The maximum Gasteiger partial charge on any atom is 0.216 e. The van der Waals surface area contributed by atoms with Crippen molar-refractivity contribution in [2.45, 2.75) is 30.9 Å². The average molecular weight is 366 g/mol. The van der Waals surface area contributed by atoms with Crippen LogP contribution in [0.25, 0.3) is 10.2 Å². The molecule has 5 nitrogen and oxygen atoms in total. The molecule has 2 aromatic heterocycles. The largest absolute Gasteiger partial charge is 0.370 e. The van der Waals surface area contributed by atoms with Crippen LogP contribution in [0.5, 0.6) is 0 Å². The van der Waals surface area contributed by atoms with Gasteiger partial charge in [0.05, 0.1) is 21.2 Å². The lowest BCUT2D eigenvalue weighted by molar-refractivity contribution is 0.328. The molecule has 2 aliphatic rings. The van der Waals surface area contributed by atoms with E-state index in [4.69, 9.17) is 0 Å². The van der Waals surface area contributed by atoms with Crippen molar-refractivity contribution in [2.75, 3.05) is 31.6 Å². The van der Waals surface area contributed by atoms with Gasteiger partial charge in [0, 0.05) is 32.9 Å². The number of pyridine rings is 1. The van der Waals surface area contributed by atoms with Crippen LogP contribution in [0.4, 0.5) is 5.69 Å². The van der Waals surface area contributed by atoms with E-state index in [-0.39, 0.29) is 5.25 Å². The highest BCUT2D eigenvalue weighted by molar-refractivity contribution is 7.90. The maximum absolute atomic E-state index is 12.3. The van der Waals surface area contributed by atoms with Crippen LogP contribution in [0.15, 0.2) is 23.7 Å². The zero-order valence-electron chi connectivity index (χ0n) is 13.9. The first-order chi connectivity index (χ1) is 11.6. The summed E-state index contributed by atoms with van der Waals surface area (Å²) in [6.07, 6.45) is 5.64. The summed E-state index contributed by atoms with van der Waals surface area (Å²) in [5.74, 6) is 0.459. The highest BCUT2D eigenvalue weighted by atomic mass is 32.2. The first-order valence-corrected chi connectivity index (χ1v) is 11.0. The molecule has 0 amide bonds. The summed E-state index contributed by atoms with van der Waals surface area (Å²) in [7, 11) is -1.29. The monoisotopic (exact) mass is 365 g/mol. The van der Waals surface area contributed by atoms with Crippen molar-refractivity contribution in [1.29, 1.82) is 0 Å². The van der Waals surface area contributed by atoms with Crippen LogP contribution in [0.1, 0.15) is 25.7 Å². The molecule has 2 fully saturated rings. The summed E-state index contributed by atoms with van der Waals surface area (Å²) in [6, 6.07) is 4.16. The number of hydrogen-bond donors (Lipinski definition) is 0. The summed E-state index contributed by atoms with van der Waals surface area (Å²) in [4.78, 5) is 6.83. The van der Waals surface area contributed by atoms with Gasteiger partial charge in [-0.25, -0.2) is 12.7 Å². The SMILES string of the molecule is CN(CC1CCN(c2ccnc3ccsc23)CC1)S(=O)(=O)C1CC1. The zero-order valence-corrected chi connectivity index (χ0v) is 15.5. The van der Waals surface area contributed by atoms with Gasteiger partial charge in [-0.2, -0.15) is 0 Å². The molecule has 2 aromatic rings. The third-order valence-electron chi connectivity index (χ3n) is 5.17.